The lowest BCUT2D eigenvalue weighted by molar-refractivity contribution is -0.127. The molecule has 6 N–H and O–H groups in total. The molecule has 2 aromatic rings. The predicted octanol–water partition coefficient (Wildman–Crippen LogP) is 1.64. The minimum absolute atomic E-state index is 0.0405. The normalized spacial score (nSPS) is 21.1. The second-order valence-corrected chi connectivity index (χ2v) is 9.72. The van der Waals surface area contributed by atoms with E-state index in [0.29, 0.717) is 37.1 Å². The zero-order valence-corrected chi connectivity index (χ0v) is 21.1. The Morgan fingerprint density at radius 1 is 1.05 bits per heavy atom. The number of nitrogens with one attached hydrogen (secondary N) is 1. The summed E-state index contributed by atoms with van der Waals surface area (Å²) in [4.78, 5) is 29.2. The molecule has 0 saturated carbocycles. The first-order chi connectivity index (χ1) is 17.8. The summed E-state index contributed by atoms with van der Waals surface area (Å²) in [5, 5.41) is 32.0. The number of aliphatic hydroxyl groups excluding tert-OH is 3. The highest BCUT2D eigenvalue weighted by atomic mass is 16.3. The zero-order chi connectivity index (χ0) is 26.5. The molecule has 0 bridgehead atoms. The molecule has 9 heteroatoms. The van der Waals surface area contributed by atoms with E-state index in [9.17, 15) is 24.9 Å². The zero-order valence-electron chi connectivity index (χ0n) is 21.1. The van der Waals surface area contributed by atoms with Crippen molar-refractivity contribution in [3.63, 3.8) is 0 Å². The number of aliphatic hydroxyl groups is 3. The van der Waals surface area contributed by atoms with Gasteiger partial charge in [0.2, 0.25) is 5.91 Å². The van der Waals surface area contributed by atoms with Gasteiger partial charge >= 0.3 is 0 Å². The summed E-state index contributed by atoms with van der Waals surface area (Å²) >= 11 is 0. The second kappa shape index (κ2) is 11.9. The molecule has 0 spiro atoms. The average molecular weight is 509 g/mol. The number of nitrogens with zero attached hydrogens (tertiary/aromatic N) is 2. The van der Waals surface area contributed by atoms with Gasteiger partial charge in [-0.2, -0.15) is 0 Å². The van der Waals surface area contributed by atoms with E-state index in [-0.39, 0.29) is 31.5 Å². The number of carbonyl (C=O) groups excluding carboxylic acids is 2. The molecule has 2 aliphatic rings. The summed E-state index contributed by atoms with van der Waals surface area (Å²) in [6.07, 6.45) is 1.39. The molecule has 37 heavy (non-hydrogen) atoms. The molecule has 0 aromatic heterocycles. The number of likely N-dealkylation sites (tertiary alicyclic amines) is 1. The first-order valence-electron chi connectivity index (χ1n) is 12.8. The van der Waals surface area contributed by atoms with Crippen LogP contribution in [0.5, 0.6) is 0 Å². The van der Waals surface area contributed by atoms with Crippen LogP contribution in [0.1, 0.15) is 42.1 Å². The van der Waals surface area contributed by atoms with Gasteiger partial charge in [0.25, 0.3) is 5.91 Å². The SMILES string of the molecule is CCCN(CCCO)C(=O)C1=Cc2ccc(-c3ccc(C(=O)N4CC(O)C(O)C4)cc3)cc2NC(N)C1. The van der Waals surface area contributed by atoms with E-state index < -0.39 is 18.4 Å². The lowest BCUT2D eigenvalue weighted by Gasteiger charge is -2.24. The molecule has 1 saturated heterocycles. The van der Waals surface area contributed by atoms with Gasteiger partial charge in [0, 0.05) is 56.0 Å². The topological polar surface area (TPSA) is 139 Å². The number of amides is 2. The minimum atomic E-state index is -0.915. The standard InChI is InChI=1S/C28H36N4O5/c1-2-10-31(11-3-12-33)28(37)22-13-21-9-8-20(14-23(21)30-26(29)15-22)18-4-6-19(7-5-18)27(36)32-16-24(34)25(35)17-32/h4-9,13-14,24-26,30,33-35H,2-3,10-12,15-17,29H2,1H3. The Balaban J connectivity index is 1.54. The van der Waals surface area contributed by atoms with Gasteiger partial charge in [0.1, 0.15) is 0 Å². The van der Waals surface area contributed by atoms with Gasteiger partial charge in [-0.1, -0.05) is 31.2 Å². The van der Waals surface area contributed by atoms with Crippen molar-refractivity contribution in [3.8, 4) is 11.1 Å². The third-order valence-corrected chi connectivity index (χ3v) is 6.82. The minimum Gasteiger partial charge on any atom is -0.396 e. The molecule has 4 rings (SSSR count). The summed E-state index contributed by atoms with van der Waals surface area (Å²) in [6, 6.07) is 13.1. The quantitative estimate of drug-likeness (QED) is 0.365. The number of rotatable bonds is 8. The summed E-state index contributed by atoms with van der Waals surface area (Å²) in [5.74, 6) is -0.280. The lowest BCUT2D eigenvalue weighted by atomic mass is 10.00. The van der Waals surface area contributed by atoms with Gasteiger partial charge in [-0.25, -0.2) is 0 Å². The van der Waals surface area contributed by atoms with Crippen LogP contribution in [-0.2, 0) is 4.79 Å². The molecule has 2 heterocycles. The van der Waals surface area contributed by atoms with Gasteiger partial charge in [0.15, 0.2) is 0 Å². The first-order valence-corrected chi connectivity index (χ1v) is 12.8. The van der Waals surface area contributed by atoms with E-state index in [0.717, 1.165) is 28.8 Å². The highest BCUT2D eigenvalue weighted by molar-refractivity contribution is 5.99. The number of fused-ring (bicyclic) bond motifs is 1. The lowest BCUT2D eigenvalue weighted by Crippen LogP contribution is -2.37. The number of carbonyl (C=O) groups is 2. The van der Waals surface area contributed by atoms with Crippen LogP contribution in [-0.4, -0.2) is 88.1 Å². The summed E-state index contributed by atoms with van der Waals surface area (Å²) in [5.41, 5.74) is 11.0. The summed E-state index contributed by atoms with van der Waals surface area (Å²) in [6.45, 7) is 3.43. The molecule has 1 fully saturated rings. The largest absolute Gasteiger partial charge is 0.396 e. The number of anilines is 1. The third kappa shape index (κ3) is 6.19. The molecule has 198 valence electrons. The van der Waals surface area contributed by atoms with Crippen molar-refractivity contribution in [3.05, 3.63) is 59.2 Å². The van der Waals surface area contributed by atoms with Gasteiger partial charge in [-0.15, -0.1) is 0 Å². The van der Waals surface area contributed by atoms with Crippen LogP contribution in [0.15, 0.2) is 48.0 Å². The van der Waals surface area contributed by atoms with Crippen LogP contribution in [0.3, 0.4) is 0 Å². The Labute approximate surface area is 217 Å². The Bertz CT molecular complexity index is 1140. The maximum absolute atomic E-state index is 13.2. The van der Waals surface area contributed by atoms with Crippen molar-refractivity contribution in [2.75, 3.05) is 38.1 Å². The summed E-state index contributed by atoms with van der Waals surface area (Å²) < 4.78 is 0. The fraction of sp³-hybridized carbons (Fsp3) is 0.429. The molecular formula is C28H36N4O5. The molecule has 2 aromatic carbocycles. The van der Waals surface area contributed by atoms with Crippen LogP contribution < -0.4 is 11.1 Å². The van der Waals surface area contributed by atoms with E-state index >= 15 is 0 Å². The monoisotopic (exact) mass is 508 g/mol. The van der Waals surface area contributed by atoms with Crippen molar-refractivity contribution >= 4 is 23.6 Å². The van der Waals surface area contributed by atoms with E-state index in [4.69, 9.17) is 5.73 Å². The van der Waals surface area contributed by atoms with Crippen LogP contribution in [0.2, 0.25) is 0 Å². The molecule has 2 amide bonds. The highest BCUT2D eigenvalue weighted by Gasteiger charge is 2.33. The fourth-order valence-electron chi connectivity index (χ4n) is 4.84. The molecule has 9 nitrogen and oxygen atoms in total. The van der Waals surface area contributed by atoms with Gasteiger partial charge < -0.3 is 36.2 Å². The van der Waals surface area contributed by atoms with Crippen molar-refractivity contribution in [1.82, 2.24) is 9.80 Å². The van der Waals surface area contributed by atoms with Crippen molar-refractivity contribution in [1.29, 1.82) is 0 Å². The number of β-amino-alcohol motifs (C(OH)–C–C–N with tert-alkyl or cyclic N) is 2. The van der Waals surface area contributed by atoms with Crippen molar-refractivity contribution in [2.45, 2.75) is 44.6 Å². The number of hydrogen-bond donors (Lipinski definition) is 5. The molecule has 2 aliphatic heterocycles. The van der Waals surface area contributed by atoms with Crippen LogP contribution in [0.25, 0.3) is 17.2 Å². The Morgan fingerprint density at radius 2 is 1.73 bits per heavy atom. The van der Waals surface area contributed by atoms with Gasteiger partial charge in [0.05, 0.1) is 18.4 Å². The van der Waals surface area contributed by atoms with Gasteiger partial charge in [-0.3, -0.25) is 9.59 Å². The molecule has 3 atom stereocenters. The van der Waals surface area contributed by atoms with E-state index in [2.05, 4.69) is 5.32 Å². The molecule has 0 radical (unpaired) electrons. The Kier molecular flexibility index (Phi) is 8.60. The average Bonchev–Trinajstić information content (AvgIpc) is 3.13. The Morgan fingerprint density at radius 3 is 2.38 bits per heavy atom. The predicted molar refractivity (Wildman–Crippen MR) is 143 cm³/mol. The number of benzene rings is 2. The van der Waals surface area contributed by atoms with Crippen LogP contribution >= 0.6 is 0 Å². The molecular weight excluding hydrogens is 472 g/mol. The number of hydrogen-bond acceptors (Lipinski definition) is 7. The smallest absolute Gasteiger partial charge is 0.254 e. The van der Waals surface area contributed by atoms with Gasteiger partial charge in [-0.05, 0) is 53.8 Å². The fourth-order valence-corrected chi connectivity index (χ4v) is 4.84. The van der Waals surface area contributed by atoms with Crippen molar-refractivity contribution in [2.24, 2.45) is 5.73 Å². The second-order valence-electron chi connectivity index (χ2n) is 9.72. The maximum atomic E-state index is 13.2. The van der Waals surface area contributed by atoms with E-state index in [1.54, 1.807) is 17.0 Å². The summed E-state index contributed by atoms with van der Waals surface area (Å²) in [7, 11) is 0. The molecule has 0 aliphatic carbocycles. The van der Waals surface area contributed by atoms with E-state index in [1.807, 2.05) is 43.3 Å². The highest BCUT2D eigenvalue weighted by Crippen LogP contribution is 2.31. The third-order valence-electron chi connectivity index (χ3n) is 6.82. The van der Waals surface area contributed by atoms with Crippen molar-refractivity contribution < 1.29 is 24.9 Å². The maximum Gasteiger partial charge on any atom is 0.254 e. The molecule has 3 unspecified atom stereocenters. The Hall–Kier alpha value is -3.24. The number of nitrogens with two attached hydrogens (primary N) is 1. The van der Waals surface area contributed by atoms with E-state index in [1.165, 1.54) is 4.90 Å². The first kappa shape index (κ1) is 26.8. The van der Waals surface area contributed by atoms with Crippen LogP contribution in [0, 0.1) is 0 Å². The van der Waals surface area contributed by atoms with Crippen LogP contribution in [0.4, 0.5) is 5.69 Å².